The van der Waals surface area contributed by atoms with Crippen molar-refractivity contribution in [2.24, 2.45) is 5.92 Å². The number of ketones is 1. The Hall–Kier alpha value is -2.47. The first-order valence-electron chi connectivity index (χ1n) is 9.29. The minimum atomic E-state index is -1.55. The molecule has 1 atom stereocenters. The zero-order valence-electron chi connectivity index (χ0n) is 16.0. The van der Waals surface area contributed by atoms with Crippen LogP contribution in [0.5, 0.6) is 0 Å². The zero-order valence-corrected chi connectivity index (χ0v) is 16.0. The summed E-state index contributed by atoms with van der Waals surface area (Å²) in [5, 5.41) is 18.8. The molecule has 1 heterocycles. The van der Waals surface area contributed by atoms with Gasteiger partial charge >= 0.3 is 0 Å². The molecule has 1 unspecified atom stereocenters. The van der Waals surface area contributed by atoms with E-state index in [0.29, 0.717) is 12.2 Å². The van der Waals surface area contributed by atoms with Gasteiger partial charge in [0, 0.05) is 18.0 Å². The van der Waals surface area contributed by atoms with Crippen molar-refractivity contribution in [1.29, 1.82) is 0 Å². The molecule has 6 heteroatoms. The number of nitrogens with zero attached hydrogens (tertiary/aromatic N) is 1. The van der Waals surface area contributed by atoms with E-state index in [1.807, 2.05) is 12.1 Å². The normalized spacial score (nSPS) is 15.6. The Morgan fingerprint density at radius 1 is 1.00 bits per heavy atom. The number of piperidine rings is 1. The second kappa shape index (κ2) is 12.0. The molecule has 0 aliphatic carbocycles. The van der Waals surface area contributed by atoms with E-state index in [4.69, 9.17) is 0 Å². The molecule has 0 aromatic heterocycles. The van der Waals surface area contributed by atoms with E-state index < -0.39 is 11.9 Å². The molecule has 27 heavy (non-hydrogen) atoms. The molecule has 1 aromatic rings. The molecule has 1 aromatic carbocycles. The number of rotatable bonds is 7. The monoisotopic (exact) mass is 373 g/mol. The van der Waals surface area contributed by atoms with Crippen LogP contribution in [-0.2, 0) is 16.0 Å². The van der Waals surface area contributed by atoms with Crippen molar-refractivity contribution < 1.29 is 24.6 Å². The van der Waals surface area contributed by atoms with Crippen molar-refractivity contribution in [3.05, 3.63) is 47.5 Å². The lowest BCUT2D eigenvalue weighted by Crippen LogP contribution is -2.35. The summed E-state index contributed by atoms with van der Waals surface area (Å²) in [6.07, 6.45) is 5.71. The number of likely N-dealkylation sites (tertiary alicyclic amines) is 1. The highest BCUT2D eigenvalue weighted by atomic mass is 16.4. The second-order valence-electron chi connectivity index (χ2n) is 6.65. The summed E-state index contributed by atoms with van der Waals surface area (Å²) in [4.78, 5) is 33.7. The van der Waals surface area contributed by atoms with Gasteiger partial charge < -0.3 is 24.7 Å². The van der Waals surface area contributed by atoms with Gasteiger partial charge in [0.05, 0.1) is 11.9 Å². The van der Waals surface area contributed by atoms with Crippen molar-refractivity contribution >= 4 is 17.7 Å². The van der Waals surface area contributed by atoms with Gasteiger partial charge in [-0.2, -0.15) is 0 Å². The fourth-order valence-electron chi connectivity index (χ4n) is 2.94. The SMILES string of the molecule is CCc1ccc(C(=O)C(C)CN2CCCCC2)cc1.O=C([O-])/C=C\C(=O)[O-]. The fraction of sp³-hybridized carbons (Fsp3) is 0.476. The first kappa shape index (κ1) is 22.6. The Morgan fingerprint density at radius 2 is 1.52 bits per heavy atom. The Bertz CT molecular complexity index is 629. The molecule has 1 aliphatic heterocycles. The van der Waals surface area contributed by atoms with E-state index in [1.165, 1.54) is 24.8 Å². The maximum absolute atomic E-state index is 12.4. The number of carboxylic acids is 2. The Morgan fingerprint density at radius 3 is 1.96 bits per heavy atom. The standard InChI is InChI=1S/C17H25NO.C4H4O4/c1-3-15-7-9-16(10-8-15)17(19)14(2)13-18-11-5-4-6-12-18;5-3(6)1-2-4(7)8/h7-10,14H,3-6,11-13H2,1-2H3;1-2H,(H,5,6)(H,7,8)/p-2/b;2-1-. The van der Waals surface area contributed by atoms with Crippen LogP contribution in [0.4, 0.5) is 0 Å². The van der Waals surface area contributed by atoms with Crippen molar-refractivity contribution in [3.63, 3.8) is 0 Å². The van der Waals surface area contributed by atoms with E-state index in [-0.39, 0.29) is 11.7 Å². The summed E-state index contributed by atoms with van der Waals surface area (Å²) >= 11 is 0. The van der Waals surface area contributed by atoms with E-state index in [2.05, 4.69) is 30.9 Å². The van der Waals surface area contributed by atoms with Crippen molar-refractivity contribution in [2.45, 2.75) is 39.5 Å². The molecule has 0 bridgehead atoms. The molecule has 1 saturated heterocycles. The molecule has 6 nitrogen and oxygen atoms in total. The van der Waals surface area contributed by atoms with E-state index in [0.717, 1.165) is 31.6 Å². The first-order chi connectivity index (χ1) is 12.8. The number of hydrogen-bond donors (Lipinski definition) is 0. The summed E-state index contributed by atoms with van der Waals surface area (Å²) in [5.41, 5.74) is 2.15. The van der Waals surface area contributed by atoms with Crippen LogP contribution in [0.15, 0.2) is 36.4 Å². The Kier molecular flexibility index (Phi) is 10.0. The van der Waals surface area contributed by atoms with Crippen LogP contribution < -0.4 is 10.2 Å². The molecule has 1 aliphatic rings. The number of benzene rings is 1. The Balaban J connectivity index is 0.000000387. The van der Waals surface area contributed by atoms with Gasteiger partial charge in [-0.3, -0.25) is 4.79 Å². The van der Waals surface area contributed by atoms with Crippen LogP contribution in [-0.4, -0.2) is 42.3 Å². The predicted octanol–water partition coefficient (Wildman–Crippen LogP) is 0.596. The number of Topliss-reactive ketones (excluding diaryl/α,β-unsaturated/α-hetero) is 1. The van der Waals surface area contributed by atoms with Crippen LogP contribution >= 0.6 is 0 Å². The van der Waals surface area contributed by atoms with Crippen LogP contribution in [0, 0.1) is 5.92 Å². The minimum Gasteiger partial charge on any atom is -0.545 e. The highest BCUT2D eigenvalue weighted by Crippen LogP contribution is 2.15. The lowest BCUT2D eigenvalue weighted by molar-refractivity contribution is -0.301. The third kappa shape index (κ3) is 9.15. The minimum absolute atomic E-state index is 0.102. The van der Waals surface area contributed by atoms with Gasteiger partial charge in [-0.25, -0.2) is 0 Å². The number of aliphatic carboxylic acids is 2. The van der Waals surface area contributed by atoms with Gasteiger partial charge in [0.2, 0.25) is 0 Å². The quantitative estimate of drug-likeness (QED) is 0.512. The molecule has 0 N–H and O–H groups in total. The number of carbonyl (C=O) groups excluding carboxylic acids is 3. The summed E-state index contributed by atoms with van der Waals surface area (Å²) in [6.45, 7) is 7.42. The van der Waals surface area contributed by atoms with Gasteiger partial charge in [-0.1, -0.05) is 44.5 Å². The van der Waals surface area contributed by atoms with Gasteiger partial charge in [0.1, 0.15) is 0 Å². The smallest absolute Gasteiger partial charge is 0.166 e. The van der Waals surface area contributed by atoms with Crippen LogP contribution in [0.1, 0.15) is 49.0 Å². The lowest BCUT2D eigenvalue weighted by Gasteiger charge is -2.28. The van der Waals surface area contributed by atoms with E-state index in [9.17, 15) is 24.6 Å². The average Bonchev–Trinajstić information content (AvgIpc) is 2.67. The molecule has 148 valence electrons. The van der Waals surface area contributed by atoms with Crippen LogP contribution in [0.2, 0.25) is 0 Å². The van der Waals surface area contributed by atoms with Crippen molar-refractivity contribution in [1.82, 2.24) is 4.90 Å². The maximum Gasteiger partial charge on any atom is 0.166 e. The molecule has 1 fully saturated rings. The molecule has 0 spiro atoms. The maximum atomic E-state index is 12.4. The third-order valence-electron chi connectivity index (χ3n) is 4.43. The number of aryl methyl sites for hydroxylation is 1. The summed E-state index contributed by atoms with van der Waals surface area (Å²) in [6, 6.07) is 8.10. The van der Waals surface area contributed by atoms with Gasteiger partial charge in [-0.05, 0) is 50.1 Å². The number of carboxylic acid groups (broad SMARTS) is 2. The van der Waals surface area contributed by atoms with E-state index in [1.54, 1.807) is 0 Å². The third-order valence-corrected chi connectivity index (χ3v) is 4.43. The fourth-order valence-corrected chi connectivity index (χ4v) is 2.94. The van der Waals surface area contributed by atoms with Crippen LogP contribution in [0.25, 0.3) is 0 Å². The molecular weight excluding hydrogens is 346 g/mol. The molecule has 2 rings (SSSR count). The Labute approximate surface area is 160 Å². The molecule has 0 amide bonds. The number of hydrogen-bond acceptors (Lipinski definition) is 6. The summed E-state index contributed by atoms with van der Waals surface area (Å²) < 4.78 is 0. The summed E-state index contributed by atoms with van der Waals surface area (Å²) in [7, 11) is 0. The topological polar surface area (TPSA) is 101 Å². The average molecular weight is 373 g/mol. The zero-order chi connectivity index (χ0) is 20.2. The van der Waals surface area contributed by atoms with Gasteiger partial charge in [0.25, 0.3) is 0 Å². The van der Waals surface area contributed by atoms with Crippen molar-refractivity contribution in [3.8, 4) is 0 Å². The van der Waals surface area contributed by atoms with Gasteiger partial charge in [0.15, 0.2) is 5.78 Å². The summed E-state index contributed by atoms with van der Waals surface area (Å²) in [5.74, 6) is -2.71. The molecular formula is C21H27NO5-2. The first-order valence-corrected chi connectivity index (χ1v) is 9.29. The van der Waals surface area contributed by atoms with E-state index >= 15 is 0 Å². The molecule has 0 radical (unpaired) electrons. The van der Waals surface area contributed by atoms with Crippen LogP contribution in [0.3, 0.4) is 0 Å². The number of carbonyl (C=O) groups is 3. The van der Waals surface area contributed by atoms with Crippen molar-refractivity contribution in [2.75, 3.05) is 19.6 Å². The second-order valence-corrected chi connectivity index (χ2v) is 6.65. The largest absolute Gasteiger partial charge is 0.545 e. The highest BCUT2D eigenvalue weighted by molar-refractivity contribution is 5.97. The predicted molar refractivity (Wildman–Crippen MR) is 98.8 cm³/mol. The van der Waals surface area contributed by atoms with Gasteiger partial charge in [-0.15, -0.1) is 0 Å². The molecule has 0 saturated carbocycles. The highest BCUT2D eigenvalue weighted by Gasteiger charge is 2.19. The lowest BCUT2D eigenvalue weighted by atomic mass is 9.97.